The van der Waals surface area contributed by atoms with Crippen molar-refractivity contribution in [2.45, 2.75) is 35.9 Å². The van der Waals surface area contributed by atoms with Gasteiger partial charge in [-0.15, -0.1) is 0 Å². The van der Waals surface area contributed by atoms with E-state index in [4.69, 9.17) is 5.73 Å². The summed E-state index contributed by atoms with van der Waals surface area (Å²) >= 11 is 3.15. The fourth-order valence-electron chi connectivity index (χ4n) is 1.69. The summed E-state index contributed by atoms with van der Waals surface area (Å²) in [6.07, 6.45) is 1.83. The van der Waals surface area contributed by atoms with Gasteiger partial charge in [-0.2, -0.15) is 4.37 Å². The number of nitrogens with two attached hydrogens (primary N) is 1. The molecule has 0 radical (unpaired) electrons. The number of nitrogens with zero attached hydrogens (tertiary/aromatic N) is 2. The summed E-state index contributed by atoms with van der Waals surface area (Å²) in [4.78, 5) is 5.68. The van der Waals surface area contributed by atoms with E-state index in [9.17, 15) is 0 Å². The van der Waals surface area contributed by atoms with Gasteiger partial charge in [0.05, 0.1) is 0 Å². The number of aryl methyl sites for hydroxylation is 2. The molecule has 0 atom stereocenters. The Balaban J connectivity index is 2.12. The second-order valence-corrected chi connectivity index (χ2v) is 6.13. The van der Waals surface area contributed by atoms with E-state index in [0.29, 0.717) is 6.54 Å². The van der Waals surface area contributed by atoms with Crippen molar-refractivity contribution >= 4 is 23.3 Å². The van der Waals surface area contributed by atoms with Crippen LogP contribution in [0, 0.1) is 6.92 Å². The van der Waals surface area contributed by atoms with Gasteiger partial charge in [-0.25, -0.2) is 4.98 Å². The third-order valence-corrected chi connectivity index (χ3v) is 4.48. The molecule has 1 aromatic heterocycles. The maximum absolute atomic E-state index is 5.59. The maximum atomic E-state index is 5.59. The Bertz CT molecular complexity index is 523. The van der Waals surface area contributed by atoms with Crippen LogP contribution in [0.3, 0.4) is 0 Å². The van der Waals surface area contributed by atoms with E-state index in [1.54, 1.807) is 11.8 Å². The number of hydrogen-bond donors (Lipinski definition) is 1. The molecule has 0 saturated heterocycles. The normalized spacial score (nSPS) is 10.8. The number of benzene rings is 1. The molecule has 0 unspecified atom stereocenters. The Morgan fingerprint density at radius 2 is 2.22 bits per heavy atom. The molecule has 1 heterocycles. The van der Waals surface area contributed by atoms with Crippen LogP contribution in [-0.2, 0) is 12.8 Å². The first-order valence-electron chi connectivity index (χ1n) is 6.03. The lowest BCUT2D eigenvalue weighted by molar-refractivity contribution is 0.954. The molecule has 0 aliphatic carbocycles. The zero-order chi connectivity index (χ0) is 13.0. The van der Waals surface area contributed by atoms with Gasteiger partial charge in [-0.05, 0) is 54.7 Å². The van der Waals surface area contributed by atoms with Crippen molar-refractivity contribution in [3.63, 3.8) is 0 Å². The molecular weight excluding hydrogens is 262 g/mol. The second kappa shape index (κ2) is 6.31. The van der Waals surface area contributed by atoms with E-state index in [2.05, 4.69) is 41.4 Å². The lowest BCUT2D eigenvalue weighted by atomic mass is 10.1. The van der Waals surface area contributed by atoms with Crippen molar-refractivity contribution in [1.29, 1.82) is 0 Å². The van der Waals surface area contributed by atoms with Crippen LogP contribution >= 0.6 is 23.3 Å². The summed E-state index contributed by atoms with van der Waals surface area (Å²) in [5.41, 5.74) is 8.21. The summed E-state index contributed by atoms with van der Waals surface area (Å²) < 4.78 is 5.31. The van der Waals surface area contributed by atoms with Gasteiger partial charge in [-0.3, -0.25) is 0 Å². The van der Waals surface area contributed by atoms with E-state index >= 15 is 0 Å². The van der Waals surface area contributed by atoms with Crippen LogP contribution in [0.5, 0.6) is 0 Å². The van der Waals surface area contributed by atoms with Crippen molar-refractivity contribution in [1.82, 2.24) is 9.36 Å². The molecule has 96 valence electrons. The van der Waals surface area contributed by atoms with Gasteiger partial charge < -0.3 is 5.73 Å². The lowest BCUT2D eigenvalue weighted by Gasteiger charge is -2.06. The van der Waals surface area contributed by atoms with Crippen molar-refractivity contribution < 1.29 is 0 Å². The van der Waals surface area contributed by atoms with Crippen LogP contribution in [0.15, 0.2) is 27.4 Å². The Labute approximate surface area is 116 Å². The smallest absolute Gasteiger partial charge is 0.174 e. The molecule has 3 nitrogen and oxygen atoms in total. The minimum atomic E-state index is 0.698. The molecule has 0 aliphatic heterocycles. The summed E-state index contributed by atoms with van der Waals surface area (Å²) in [5, 5.41) is 0. The predicted octanol–water partition coefficient (Wildman–Crippen LogP) is 3.06. The molecule has 0 bridgehead atoms. The minimum Gasteiger partial charge on any atom is -0.330 e. The number of aromatic nitrogens is 2. The average molecular weight is 279 g/mol. The fraction of sp³-hybridized carbons (Fsp3) is 0.385. The monoisotopic (exact) mass is 279 g/mol. The van der Waals surface area contributed by atoms with Gasteiger partial charge in [-0.1, -0.05) is 24.8 Å². The van der Waals surface area contributed by atoms with E-state index in [-0.39, 0.29) is 0 Å². The highest BCUT2D eigenvalue weighted by Crippen LogP contribution is 2.30. The van der Waals surface area contributed by atoms with Gasteiger partial charge in [0.25, 0.3) is 0 Å². The summed E-state index contributed by atoms with van der Waals surface area (Å²) in [6, 6.07) is 6.49. The second-order valence-electron chi connectivity index (χ2n) is 4.06. The van der Waals surface area contributed by atoms with Gasteiger partial charge in [0.1, 0.15) is 5.82 Å². The van der Waals surface area contributed by atoms with Crippen LogP contribution in [0.25, 0.3) is 0 Å². The summed E-state index contributed by atoms with van der Waals surface area (Å²) in [6.45, 7) is 4.90. The lowest BCUT2D eigenvalue weighted by Crippen LogP contribution is -2.03. The molecule has 2 aromatic rings. The molecule has 0 fully saturated rings. The first-order valence-corrected chi connectivity index (χ1v) is 7.62. The highest BCUT2D eigenvalue weighted by atomic mass is 32.2. The maximum Gasteiger partial charge on any atom is 0.174 e. The minimum absolute atomic E-state index is 0.698. The highest BCUT2D eigenvalue weighted by Gasteiger charge is 2.06. The molecular formula is C13H17N3S2. The molecule has 1 aromatic carbocycles. The van der Waals surface area contributed by atoms with Gasteiger partial charge in [0, 0.05) is 11.3 Å². The van der Waals surface area contributed by atoms with Crippen LogP contribution < -0.4 is 5.73 Å². The van der Waals surface area contributed by atoms with E-state index < -0.39 is 0 Å². The van der Waals surface area contributed by atoms with E-state index in [0.717, 1.165) is 23.0 Å². The summed E-state index contributed by atoms with van der Waals surface area (Å²) in [7, 11) is 0. The third-order valence-electron chi connectivity index (χ3n) is 2.70. The first kappa shape index (κ1) is 13.5. The number of hydrogen-bond acceptors (Lipinski definition) is 5. The van der Waals surface area contributed by atoms with Crippen molar-refractivity contribution in [2.24, 2.45) is 5.73 Å². The topological polar surface area (TPSA) is 51.8 Å². The van der Waals surface area contributed by atoms with Crippen molar-refractivity contribution in [3.05, 3.63) is 35.2 Å². The zero-order valence-corrected chi connectivity index (χ0v) is 12.3. The SMILES string of the molecule is CCc1nsc(Sc2ccc(CCN)c(C)c2)n1. The number of rotatable bonds is 5. The standard InChI is InChI=1S/C13H17N3S2/c1-3-12-15-13(18-16-12)17-11-5-4-10(6-7-14)9(2)8-11/h4-5,8H,3,6-7,14H2,1-2H3. The van der Waals surface area contributed by atoms with Gasteiger partial charge in [0.2, 0.25) is 0 Å². The molecule has 2 N–H and O–H groups in total. The van der Waals surface area contributed by atoms with Crippen LogP contribution in [-0.4, -0.2) is 15.9 Å². The van der Waals surface area contributed by atoms with Crippen LogP contribution in [0.1, 0.15) is 23.9 Å². The Kier molecular flexibility index (Phi) is 4.74. The fourth-order valence-corrected chi connectivity index (χ4v) is 3.47. The Hall–Kier alpha value is -0.910. The highest BCUT2D eigenvalue weighted by molar-refractivity contribution is 8.01. The molecule has 0 amide bonds. The molecule has 18 heavy (non-hydrogen) atoms. The van der Waals surface area contributed by atoms with Crippen molar-refractivity contribution in [2.75, 3.05) is 6.54 Å². The van der Waals surface area contributed by atoms with Gasteiger partial charge in [0.15, 0.2) is 4.34 Å². The Morgan fingerprint density at radius 3 is 2.83 bits per heavy atom. The van der Waals surface area contributed by atoms with Gasteiger partial charge >= 0.3 is 0 Å². The molecule has 5 heteroatoms. The molecule has 0 aliphatic rings. The van der Waals surface area contributed by atoms with Crippen molar-refractivity contribution in [3.8, 4) is 0 Å². The molecule has 2 rings (SSSR count). The Morgan fingerprint density at radius 1 is 1.39 bits per heavy atom. The average Bonchev–Trinajstić information content (AvgIpc) is 2.80. The van der Waals surface area contributed by atoms with Crippen LogP contribution in [0.2, 0.25) is 0 Å². The van der Waals surface area contributed by atoms with E-state index in [1.807, 2.05) is 0 Å². The van der Waals surface area contributed by atoms with E-state index in [1.165, 1.54) is 27.6 Å². The predicted molar refractivity (Wildman–Crippen MR) is 77.3 cm³/mol. The van der Waals surface area contributed by atoms with Crippen LogP contribution in [0.4, 0.5) is 0 Å². The zero-order valence-electron chi connectivity index (χ0n) is 10.6. The largest absolute Gasteiger partial charge is 0.330 e. The third kappa shape index (κ3) is 3.31. The molecule has 0 spiro atoms. The first-order chi connectivity index (χ1) is 8.72. The molecule has 0 saturated carbocycles. The quantitative estimate of drug-likeness (QED) is 0.914. The summed E-state index contributed by atoms with van der Waals surface area (Å²) in [5.74, 6) is 0.930.